The molecule has 1 heterocycles. The quantitative estimate of drug-likeness (QED) is 0.587. The van der Waals surface area contributed by atoms with Crippen molar-refractivity contribution in [2.45, 2.75) is 19.0 Å². The summed E-state index contributed by atoms with van der Waals surface area (Å²) in [5, 5.41) is 8.30. The first-order valence-corrected chi connectivity index (χ1v) is 9.47. The third-order valence-corrected chi connectivity index (χ3v) is 5.14. The molecule has 2 amide bonds. The summed E-state index contributed by atoms with van der Waals surface area (Å²) >= 11 is 1.65. The van der Waals surface area contributed by atoms with Crippen LogP contribution < -0.4 is 16.4 Å². The van der Waals surface area contributed by atoms with E-state index in [1.54, 1.807) is 35.6 Å². The minimum atomic E-state index is -0.496. The lowest BCUT2D eigenvalue weighted by atomic mass is 10.0. The number of anilines is 1. The molecular weight excluding hydrogens is 358 g/mol. The van der Waals surface area contributed by atoms with Crippen LogP contribution in [0, 0.1) is 0 Å². The van der Waals surface area contributed by atoms with E-state index in [9.17, 15) is 9.59 Å². The molecule has 0 radical (unpaired) electrons. The molecule has 2 atom stereocenters. The van der Waals surface area contributed by atoms with Crippen LogP contribution in [0.25, 0.3) is 0 Å². The number of nitrogens with two attached hydrogens (primary N) is 1. The lowest BCUT2D eigenvalue weighted by Crippen LogP contribution is -2.40. The van der Waals surface area contributed by atoms with Gasteiger partial charge in [0.1, 0.15) is 0 Å². The van der Waals surface area contributed by atoms with E-state index in [1.807, 2.05) is 48.7 Å². The first kappa shape index (κ1) is 18.8. The van der Waals surface area contributed by atoms with E-state index in [0.29, 0.717) is 11.3 Å². The van der Waals surface area contributed by atoms with E-state index in [2.05, 4.69) is 16.7 Å². The second kappa shape index (κ2) is 8.62. The Morgan fingerprint density at radius 2 is 1.67 bits per heavy atom. The highest BCUT2D eigenvalue weighted by Crippen LogP contribution is 2.26. The molecule has 27 heavy (non-hydrogen) atoms. The van der Waals surface area contributed by atoms with Crippen molar-refractivity contribution >= 4 is 28.8 Å². The van der Waals surface area contributed by atoms with Crippen molar-refractivity contribution in [2.75, 3.05) is 5.32 Å². The summed E-state index contributed by atoms with van der Waals surface area (Å²) in [5.74, 6) is -0.649. The van der Waals surface area contributed by atoms with E-state index in [4.69, 9.17) is 5.73 Å². The van der Waals surface area contributed by atoms with Gasteiger partial charge in [0.2, 0.25) is 11.8 Å². The molecule has 3 rings (SSSR count). The Labute approximate surface area is 162 Å². The van der Waals surface area contributed by atoms with E-state index < -0.39 is 11.9 Å². The molecule has 6 heteroatoms. The highest BCUT2D eigenvalue weighted by molar-refractivity contribution is 7.10. The largest absolute Gasteiger partial charge is 0.366 e. The summed E-state index contributed by atoms with van der Waals surface area (Å²) in [6.45, 7) is 1.83. The molecule has 0 aliphatic rings. The molecule has 0 fully saturated rings. The van der Waals surface area contributed by atoms with Gasteiger partial charge in [0.05, 0.1) is 12.1 Å². The van der Waals surface area contributed by atoms with Gasteiger partial charge in [0.15, 0.2) is 0 Å². The Morgan fingerprint density at radius 1 is 0.963 bits per heavy atom. The van der Waals surface area contributed by atoms with Crippen molar-refractivity contribution < 1.29 is 9.59 Å². The molecule has 5 nitrogen and oxygen atoms in total. The average Bonchev–Trinajstić information content (AvgIpc) is 3.21. The zero-order valence-electron chi connectivity index (χ0n) is 14.9. The van der Waals surface area contributed by atoms with Crippen LogP contribution in [-0.2, 0) is 4.79 Å². The summed E-state index contributed by atoms with van der Waals surface area (Å²) in [6, 6.07) is 20.1. The zero-order valence-corrected chi connectivity index (χ0v) is 15.7. The molecule has 0 unspecified atom stereocenters. The third-order valence-electron chi connectivity index (χ3n) is 4.21. The van der Waals surface area contributed by atoms with E-state index in [0.717, 1.165) is 10.4 Å². The summed E-state index contributed by atoms with van der Waals surface area (Å²) in [5.41, 5.74) is 7.36. The number of carbonyl (C=O) groups is 2. The van der Waals surface area contributed by atoms with Gasteiger partial charge in [-0.1, -0.05) is 36.4 Å². The standard InChI is InChI=1S/C21H21N3O2S/c1-14(21(26)24-17-11-9-16(10-12-17)20(22)25)23-19(18-8-5-13-27-18)15-6-3-2-4-7-15/h2-14,19,23H,1H3,(H2,22,25)(H,24,26)/t14-,19+/m1/s1. The van der Waals surface area contributed by atoms with E-state index in [-0.39, 0.29) is 11.9 Å². The van der Waals surface area contributed by atoms with Crippen LogP contribution in [0.5, 0.6) is 0 Å². The maximum atomic E-state index is 12.6. The summed E-state index contributed by atoms with van der Waals surface area (Å²) in [6.07, 6.45) is 0. The van der Waals surface area contributed by atoms with Gasteiger partial charge in [-0.2, -0.15) is 0 Å². The molecular formula is C21H21N3O2S. The number of thiophene rings is 1. The van der Waals surface area contributed by atoms with E-state index in [1.165, 1.54) is 0 Å². The number of hydrogen-bond donors (Lipinski definition) is 3. The van der Waals surface area contributed by atoms with Gasteiger partial charge in [-0.05, 0) is 48.2 Å². The molecule has 0 aliphatic heterocycles. The van der Waals surface area contributed by atoms with Crippen LogP contribution in [0.3, 0.4) is 0 Å². The first-order valence-electron chi connectivity index (χ1n) is 8.59. The fourth-order valence-electron chi connectivity index (χ4n) is 2.74. The summed E-state index contributed by atoms with van der Waals surface area (Å²) in [7, 11) is 0. The Balaban J connectivity index is 1.70. The molecule has 0 saturated heterocycles. The zero-order chi connectivity index (χ0) is 19.2. The van der Waals surface area contributed by atoms with Gasteiger partial charge < -0.3 is 11.1 Å². The number of nitrogens with one attached hydrogen (secondary N) is 2. The van der Waals surface area contributed by atoms with Crippen LogP contribution >= 0.6 is 11.3 Å². The molecule has 1 aromatic heterocycles. The molecule has 2 aromatic carbocycles. The van der Waals surface area contributed by atoms with Crippen molar-refractivity contribution in [3.8, 4) is 0 Å². The van der Waals surface area contributed by atoms with Gasteiger partial charge in [0.25, 0.3) is 0 Å². The van der Waals surface area contributed by atoms with Crippen LogP contribution in [0.2, 0.25) is 0 Å². The smallest absolute Gasteiger partial charge is 0.248 e. The Kier molecular flexibility index (Phi) is 6.01. The lowest BCUT2D eigenvalue weighted by molar-refractivity contribution is -0.117. The highest BCUT2D eigenvalue weighted by Gasteiger charge is 2.21. The van der Waals surface area contributed by atoms with Crippen molar-refractivity contribution in [1.82, 2.24) is 5.32 Å². The number of hydrogen-bond acceptors (Lipinski definition) is 4. The molecule has 0 saturated carbocycles. The molecule has 4 N–H and O–H groups in total. The van der Waals surface area contributed by atoms with Crippen LogP contribution in [0.4, 0.5) is 5.69 Å². The SMILES string of the molecule is C[C@@H](N[C@@H](c1ccccc1)c1cccs1)C(=O)Nc1ccc(C(N)=O)cc1. The second-order valence-corrected chi connectivity index (χ2v) is 7.16. The predicted octanol–water partition coefficient (Wildman–Crippen LogP) is 3.55. The molecule has 0 aliphatic carbocycles. The molecule has 0 bridgehead atoms. The minimum Gasteiger partial charge on any atom is -0.366 e. The third kappa shape index (κ3) is 4.81. The van der Waals surface area contributed by atoms with Gasteiger partial charge in [-0.3, -0.25) is 14.9 Å². The van der Waals surface area contributed by atoms with Crippen molar-refractivity contribution in [3.63, 3.8) is 0 Å². The number of amides is 2. The van der Waals surface area contributed by atoms with Crippen molar-refractivity contribution in [3.05, 3.63) is 88.1 Å². The van der Waals surface area contributed by atoms with E-state index >= 15 is 0 Å². The average molecular weight is 379 g/mol. The van der Waals surface area contributed by atoms with Crippen LogP contribution in [0.1, 0.15) is 33.8 Å². The Morgan fingerprint density at radius 3 is 2.26 bits per heavy atom. The van der Waals surface area contributed by atoms with Crippen LogP contribution in [-0.4, -0.2) is 17.9 Å². The van der Waals surface area contributed by atoms with Crippen molar-refractivity contribution in [2.24, 2.45) is 5.73 Å². The number of primary amides is 1. The van der Waals surface area contributed by atoms with Gasteiger partial charge >= 0.3 is 0 Å². The predicted molar refractivity (Wildman–Crippen MR) is 109 cm³/mol. The van der Waals surface area contributed by atoms with Crippen LogP contribution in [0.15, 0.2) is 72.1 Å². The van der Waals surface area contributed by atoms with Gasteiger partial charge in [-0.15, -0.1) is 11.3 Å². The Bertz CT molecular complexity index is 893. The molecule has 3 aromatic rings. The highest BCUT2D eigenvalue weighted by atomic mass is 32.1. The number of carbonyl (C=O) groups excluding carboxylic acids is 2. The summed E-state index contributed by atoms with van der Waals surface area (Å²) < 4.78 is 0. The topological polar surface area (TPSA) is 84.2 Å². The summed E-state index contributed by atoms with van der Waals surface area (Å²) in [4.78, 5) is 24.9. The lowest BCUT2D eigenvalue weighted by Gasteiger charge is -2.22. The second-order valence-electron chi connectivity index (χ2n) is 6.18. The van der Waals surface area contributed by atoms with Crippen molar-refractivity contribution in [1.29, 1.82) is 0 Å². The monoisotopic (exact) mass is 379 g/mol. The normalized spacial score (nSPS) is 12.9. The maximum Gasteiger partial charge on any atom is 0.248 e. The maximum absolute atomic E-state index is 12.6. The molecule has 0 spiro atoms. The molecule has 138 valence electrons. The fraction of sp³-hybridized carbons (Fsp3) is 0.143. The number of benzene rings is 2. The van der Waals surface area contributed by atoms with Gasteiger partial charge in [0, 0.05) is 16.1 Å². The minimum absolute atomic E-state index is 0.0656. The Hall–Kier alpha value is -2.96. The van der Waals surface area contributed by atoms with Gasteiger partial charge in [-0.25, -0.2) is 0 Å². The number of rotatable bonds is 7. The fourth-order valence-corrected chi connectivity index (χ4v) is 3.55. The first-order chi connectivity index (χ1) is 13.0.